The van der Waals surface area contributed by atoms with Crippen LogP contribution in [0, 0.1) is 5.92 Å². The number of hydrogen-bond donors (Lipinski definition) is 3. The van der Waals surface area contributed by atoms with Gasteiger partial charge in [0.15, 0.2) is 5.82 Å². The number of anilines is 1. The zero-order chi connectivity index (χ0) is 22.1. The molecule has 3 aromatic rings. The number of nitrogens with one attached hydrogen (secondary N) is 2. The molecule has 0 saturated heterocycles. The molecule has 2 heterocycles. The first-order chi connectivity index (χ1) is 14.9. The molecule has 4 rings (SSSR count). The summed E-state index contributed by atoms with van der Waals surface area (Å²) in [6, 6.07) is 8.75. The second-order valence-electron chi connectivity index (χ2n) is 7.65. The number of nitrogens with zero attached hydrogens (tertiary/aromatic N) is 2. The molecular weight excluding hydrogens is 396 g/mol. The topological polar surface area (TPSA) is 109 Å². The Balaban J connectivity index is 1.85. The second-order valence-corrected chi connectivity index (χ2v) is 7.65. The molecule has 0 spiro atoms. The van der Waals surface area contributed by atoms with Crippen LogP contribution in [0.25, 0.3) is 17.1 Å². The summed E-state index contributed by atoms with van der Waals surface area (Å²) in [5.41, 5.74) is 3.22. The van der Waals surface area contributed by atoms with Crippen LogP contribution in [0.2, 0.25) is 0 Å². The number of aromatic nitrogens is 3. The van der Waals surface area contributed by atoms with Crippen molar-refractivity contribution in [1.29, 1.82) is 0 Å². The number of carbonyl (C=O) groups is 1. The fourth-order valence-electron chi connectivity index (χ4n) is 3.55. The van der Waals surface area contributed by atoms with Crippen molar-refractivity contribution in [1.82, 2.24) is 14.8 Å². The molecule has 2 aromatic carbocycles. The number of aryl methyl sites for hydroxylation is 1. The average Bonchev–Trinajstić information content (AvgIpc) is 3.14. The van der Waals surface area contributed by atoms with Gasteiger partial charge in [-0.2, -0.15) is 5.10 Å². The highest BCUT2D eigenvalue weighted by molar-refractivity contribution is 5.77. The minimum atomic E-state index is -0.411. The van der Waals surface area contributed by atoms with Crippen molar-refractivity contribution in [2.75, 3.05) is 5.32 Å². The summed E-state index contributed by atoms with van der Waals surface area (Å²) in [5, 5.41) is 20.6. The van der Waals surface area contributed by atoms with Crippen molar-refractivity contribution in [2.45, 2.75) is 33.6 Å². The van der Waals surface area contributed by atoms with Crippen LogP contribution in [0.4, 0.5) is 5.69 Å². The highest BCUT2D eigenvalue weighted by Crippen LogP contribution is 2.36. The largest absolute Gasteiger partial charge is 0.507 e. The van der Waals surface area contributed by atoms with Crippen LogP contribution in [0.1, 0.15) is 31.9 Å². The van der Waals surface area contributed by atoms with E-state index in [2.05, 4.69) is 15.5 Å². The smallest absolute Gasteiger partial charge is 0.348 e. The maximum absolute atomic E-state index is 12.7. The predicted molar refractivity (Wildman–Crippen MR) is 118 cm³/mol. The first kappa shape index (κ1) is 20.5. The summed E-state index contributed by atoms with van der Waals surface area (Å²) in [4.78, 5) is 24.8. The number of allylic oxidation sites excluding steroid dienone is 1. The third-order valence-electron chi connectivity index (χ3n) is 5.23. The van der Waals surface area contributed by atoms with Crippen LogP contribution in [-0.4, -0.2) is 25.8 Å². The average molecular weight is 420 g/mol. The number of benzene rings is 2. The molecule has 0 radical (unpaired) electrons. The first-order valence-electron chi connectivity index (χ1n) is 10.2. The number of aromatic amines is 1. The fraction of sp³-hybridized carbons (Fsp3) is 0.261. The van der Waals surface area contributed by atoms with Gasteiger partial charge >= 0.3 is 11.7 Å². The Hall–Kier alpha value is -3.81. The zero-order valence-electron chi connectivity index (χ0n) is 17.6. The van der Waals surface area contributed by atoms with E-state index in [1.165, 1.54) is 10.6 Å². The normalized spacial score (nSPS) is 12.5. The summed E-state index contributed by atoms with van der Waals surface area (Å²) in [7, 11) is 0. The van der Waals surface area contributed by atoms with E-state index >= 15 is 0 Å². The fourth-order valence-corrected chi connectivity index (χ4v) is 3.55. The van der Waals surface area contributed by atoms with Gasteiger partial charge in [-0.1, -0.05) is 32.9 Å². The van der Waals surface area contributed by atoms with E-state index < -0.39 is 5.69 Å². The van der Waals surface area contributed by atoms with Crippen LogP contribution in [0.3, 0.4) is 0 Å². The standard InChI is InChI=1S/C23H24N4O4/c1-4-14-11-16(19(28)12-20(14)31-22(29)13(2)3)21-25-26-23(30)27(21)18-9-5-8-17-15(18)7-6-10-24-17/h5-6,8-13,24,28H,4,7H2,1-3H3,(H,26,30). The van der Waals surface area contributed by atoms with E-state index in [-0.39, 0.29) is 23.5 Å². The number of aromatic hydroxyl groups is 1. The van der Waals surface area contributed by atoms with Gasteiger partial charge < -0.3 is 15.2 Å². The maximum atomic E-state index is 12.7. The zero-order valence-corrected chi connectivity index (χ0v) is 17.6. The van der Waals surface area contributed by atoms with Crippen molar-refractivity contribution in [3.8, 4) is 28.6 Å². The molecule has 3 N–H and O–H groups in total. The molecular formula is C23H24N4O4. The van der Waals surface area contributed by atoms with E-state index in [4.69, 9.17) is 4.74 Å². The number of H-pyrrole nitrogens is 1. The Bertz CT molecular complexity index is 1240. The third-order valence-corrected chi connectivity index (χ3v) is 5.23. The van der Waals surface area contributed by atoms with Crippen molar-refractivity contribution >= 4 is 11.7 Å². The molecule has 1 aliphatic rings. The second kappa shape index (κ2) is 8.14. The van der Waals surface area contributed by atoms with Gasteiger partial charge in [-0.05, 0) is 42.8 Å². The minimum absolute atomic E-state index is 0.133. The van der Waals surface area contributed by atoms with Crippen molar-refractivity contribution in [3.63, 3.8) is 0 Å². The van der Waals surface area contributed by atoms with Crippen molar-refractivity contribution in [2.24, 2.45) is 5.92 Å². The van der Waals surface area contributed by atoms with Crippen molar-refractivity contribution < 1.29 is 14.6 Å². The molecule has 160 valence electrons. The minimum Gasteiger partial charge on any atom is -0.507 e. The van der Waals surface area contributed by atoms with Gasteiger partial charge in [0.05, 0.1) is 17.2 Å². The number of carbonyl (C=O) groups excluding carboxylic acids is 1. The van der Waals surface area contributed by atoms with E-state index in [1.54, 1.807) is 19.9 Å². The van der Waals surface area contributed by atoms with Crippen LogP contribution < -0.4 is 15.7 Å². The summed E-state index contributed by atoms with van der Waals surface area (Å²) in [5.74, 6) is -0.225. The summed E-state index contributed by atoms with van der Waals surface area (Å²) < 4.78 is 6.90. The number of rotatable bonds is 5. The molecule has 8 nitrogen and oxygen atoms in total. The molecule has 0 fully saturated rings. The third kappa shape index (κ3) is 3.72. The van der Waals surface area contributed by atoms with Gasteiger partial charge in [0.2, 0.25) is 0 Å². The Morgan fingerprint density at radius 2 is 2.13 bits per heavy atom. The molecule has 0 saturated carbocycles. The number of phenolic OH excluding ortho intramolecular Hbond substituents is 1. The van der Waals surface area contributed by atoms with Crippen LogP contribution >= 0.6 is 0 Å². The molecule has 0 bridgehead atoms. The van der Waals surface area contributed by atoms with Crippen LogP contribution in [0.15, 0.2) is 47.4 Å². The van der Waals surface area contributed by atoms with Gasteiger partial charge in [0.25, 0.3) is 0 Å². The van der Waals surface area contributed by atoms with Gasteiger partial charge in [-0.3, -0.25) is 4.79 Å². The number of hydrogen-bond acceptors (Lipinski definition) is 6. The summed E-state index contributed by atoms with van der Waals surface area (Å²) in [6.07, 6.45) is 5.06. The highest BCUT2D eigenvalue weighted by Gasteiger charge is 2.22. The number of esters is 1. The first-order valence-corrected chi connectivity index (χ1v) is 10.2. The van der Waals surface area contributed by atoms with Crippen LogP contribution in [-0.2, 0) is 17.6 Å². The number of phenols is 1. The maximum Gasteiger partial charge on any atom is 0.348 e. The van der Waals surface area contributed by atoms with E-state index in [1.807, 2.05) is 37.4 Å². The van der Waals surface area contributed by atoms with Crippen molar-refractivity contribution in [3.05, 3.63) is 64.2 Å². The quantitative estimate of drug-likeness (QED) is 0.430. The Labute approximate surface area is 179 Å². The van der Waals surface area contributed by atoms with Crippen LogP contribution in [0.5, 0.6) is 11.5 Å². The Morgan fingerprint density at radius 1 is 1.32 bits per heavy atom. The summed E-state index contributed by atoms with van der Waals surface area (Å²) in [6.45, 7) is 5.41. The van der Waals surface area contributed by atoms with E-state index in [0.29, 0.717) is 29.8 Å². The monoisotopic (exact) mass is 420 g/mol. The lowest BCUT2D eigenvalue weighted by Gasteiger charge is -2.18. The van der Waals surface area contributed by atoms with E-state index in [9.17, 15) is 14.7 Å². The number of ether oxygens (including phenoxy) is 1. The Morgan fingerprint density at radius 3 is 2.87 bits per heavy atom. The predicted octanol–water partition coefficient (Wildman–Crippen LogP) is 3.54. The lowest BCUT2D eigenvalue weighted by atomic mass is 10.0. The molecule has 31 heavy (non-hydrogen) atoms. The number of fused-ring (bicyclic) bond motifs is 1. The molecule has 0 amide bonds. The van der Waals surface area contributed by atoms with Gasteiger partial charge in [-0.25, -0.2) is 14.5 Å². The van der Waals surface area contributed by atoms with Gasteiger partial charge in [-0.15, -0.1) is 0 Å². The highest BCUT2D eigenvalue weighted by atomic mass is 16.5. The van der Waals surface area contributed by atoms with Gasteiger partial charge in [0, 0.05) is 17.3 Å². The Kier molecular flexibility index (Phi) is 5.37. The molecule has 1 aromatic heterocycles. The van der Waals surface area contributed by atoms with E-state index in [0.717, 1.165) is 16.8 Å². The molecule has 0 unspecified atom stereocenters. The SMILES string of the molecule is CCc1cc(-c2n[nH]c(=O)n2-c2cccc3c2CC=CN3)c(O)cc1OC(=O)C(C)C. The molecule has 0 atom stereocenters. The lowest BCUT2D eigenvalue weighted by molar-refractivity contribution is -0.137. The molecule has 0 aliphatic carbocycles. The van der Waals surface area contributed by atoms with Gasteiger partial charge in [0.1, 0.15) is 11.5 Å². The molecule has 8 heteroatoms. The molecule has 1 aliphatic heterocycles. The lowest BCUT2D eigenvalue weighted by Crippen LogP contribution is -2.18. The summed E-state index contributed by atoms with van der Waals surface area (Å²) >= 11 is 0.